The maximum absolute atomic E-state index is 11.4. The molecule has 0 aliphatic carbocycles. The molecule has 0 amide bonds. The van der Waals surface area contributed by atoms with E-state index in [4.69, 9.17) is 13.3 Å². The largest absolute Gasteiger partial charge is 0.500 e. The summed E-state index contributed by atoms with van der Waals surface area (Å²) in [6.07, 6.45) is 3.67. The number of aliphatic carboxylic acids is 3. The summed E-state index contributed by atoms with van der Waals surface area (Å²) >= 11 is 0. The molecule has 298 valence electrons. The maximum atomic E-state index is 11.4. The average Bonchev–Trinajstić information content (AvgIpc) is 3.10. The van der Waals surface area contributed by atoms with Crippen LogP contribution in [0.5, 0.6) is 0 Å². The van der Waals surface area contributed by atoms with Gasteiger partial charge in [-0.1, -0.05) is 24.3 Å². The van der Waals surface area contributed by atoms with Crippen LogP contribution in [0.4, 0.5) is 0 Å². The Morgan fingerprint density at radius 2 is 1.00 bits per heavy atom. The van der Waals surface area contributed by atoms with Crippen LogP contribution in [0.15, 0.2) is 24.3 Å². The van der Waals surface area contributed by atoms with Crippen LogP contribution in [0.1, 0.15) is 76.8 Å². The van der Waals surface area contributed by atoms with Gasteiger partial charge in [0.05, 0.1) is 19.3 Å². The molecule has 1 aliphatic heterocycles. The van der Waals surface area contributed by atoms with Gasteiger partial charge in [-0.2, -0.15) is 0 Å². The van der Waals surface area contributed by atoms with Crippen LogP contribution in [0, 0.1) is 0 Å². The van der Waals surface area contributed by atoms with Crippen LogP contribution >= 0.6 is 0 Å². The highest BCUT2D eigenvalue weighted by Crippen LogP contribution is 2.18. The van der Waals surface area contributed by atoms with E-state index in [-0.39, 0.29) is 19.3 Å². The lowest BCUT2D eigenvalue weighted by molar-refractivity contribution is -0.138. The fourth-order valence-electron chi connectivity index (χ4n) is 6.56. The van der Waals surface area contributed by atoms with E-state index in [1.165, 1.54) is 11.1 Å². The summed E-state index contributed by atoms with van der Waals surface area (Å²) in [5.41, 5.74) is 2.44. The SMILES string of the molecule is CCO[Si](CCCNCc1ccc(CN2CCCN(CCC(=O)O)CCCN(CCC(=O)O)CCN(CCC(=O)O)CCC2)cc1)(OCC)OCC. The maximum Gasteiger partial charge on any atom is 0.500 e. The van der Waals surface area contributed by atoms with Crippen molar-refractivity contribution in [3.63, 3.8) is 0 Å². The number of hydrogen-bond acceptors (Lipinski definition) is 11. The molecule has 2 rings (SSSR count). The van der Waals surface area contributed by atoms with Gasteiger partial charge in [-0.05, 0) is 103 Å². The predicted molar refractivity (Wildman–Crippen MR) is 203 cm³/mol. The van der Waals surface area contributed by atoms with Gasteiger partial charge in [-0.15, -0.1) is 0 Å². The van der Waals surface area contributed by atoms with E-state index in [1.807, 2.05) is 20.8 Å². The van der Waals surface area contributed by atoms with Gasteiger partial charge in [0.25, 0.3) is 0 Å². The fourth-order valence-corrected chi connectivity index (χ4v) is 9.17. The molecule has 1 aliphatic rings. The average molecular weight is 754 g/mol. The molecule has 1 aromatic carbocycles. The van der Waals surface area contributed by atoms with E-state index in [0.29, 0.717) is 59.1 Å². The van der Waals surface area contributed by atoms with Crippen molar-refractivity contribution in [1.82, 2.24) is 24.9 Å². The van der Waals surface area contributed by atoms with Crippen LogP contribution in [-0.4, -0.2) is 160 Å². The lowest BCUT2D eigenvalue weighted by atomic mass is 10.1. The molecular weight excluding hydrogens is 687 g/mol. The highest BCUT2D eigenvalue weighted by molar-refractivity contribution is 6.60. The highest BCUT2D eigenvalue weighted by Gasteiger charge is 2.39. The van der Waals surface area contributed by atoms with Crippen molar-refractivity contribution < 1.29 is 43.0 Å². The predicted octanol–water partition coefficient (Wildman–Crippen LogP) is 3.53. The van der Waals surface area contributed by atoms with Crippen LogP contribution in [-0.2, 0) is 40.8 Å². The zero-order valence-corrected chi connectivity index (χ0v) is 33.1. The second-order valence-electron chi connectivity index (χ2n) is 13.4. The lowest BCUT2D eigenvalue weighted by Crippen LogP contribution is -2.46. The van der Waals surface area contributed by atoms with Gasteiger partial charge in [-0.3, -0.25) is 19.3 Å². The molecule has 1 fully saturated rings. The van der Waals surface area contributed by atoms with Gasteiger partial charge < -0.3 is 48.6 Å². The number of benzene rings is 1. The zero-order valence-electron chi connectivity index (χ0n) is 32.1. The van der Waals surface area contributed by atoms with Crippen LogP contribution in [0.25, 0.3) is 0 Å². The van der Waals surface area contributed by atoms with Gasteiger partial charge in [0.2, 0.25) is 0 Å². The second kappa shape index (κ2) is 27.2. The molecule has 4 N–H and O–H groups in total. The Morgan fingerprint density at radius 1 is 0.615 bits per heavy atom. The molecule has 0 aromatic heterocycles. The van der Waals surface area contributed by atoms with Crippen molar-refractivity contribution in [3.8, 4) is 0 Å². The smallest absolute Gasteiger partial charge is 0.481 e. The second-order valence-corrected chi connectivity index (χ2v) is 16.1. The topological polar surface area (TPSA) is 165 Å². The van der Waals surface area contributed by atoms with Gasteiger partial charge in [0.1, 0.15) is 0 Å². The number of nitrogens with zero attached hydrogens (tertiary/aromatic N) is 4. The number of nitrogens with one attached hydrogen (secondary N) is 1. The first-order chi connectivity index (χ1) is 25.1. The van der Waals surface area contributed by atoms with Gasteiger partial charge in [0.15, 0.2) is 0 Å². The summed E-state index contributed by atoms with van der Waals surface area (Å²) in [7, 11) is -2.63. The number of carbonyl (C=O) groups is 3. The van der Waals surface area contributed by atoms with Crippen LogP contribution < -0.4 is 5.32 Å². The zero-order chi connectivity index (χ0) is 38.0. The summed E-state index contributed by atoms with van der Waals surface area (Å²) < 4.78 is 17.9. The minimum atomic E-state index is -2.63. The van der Waals surface area contributed by atoms with Gasteiger partial charge >= 0.3 is 26.7 Å². The molecule has 0 radical (unpaired) electrons. The summed E-state index contributed by atoms with van der Waals surface area (Å²) in [5, 5.41) is 31.5. The Kier molecular flexibility index (Phi) is 23.9. The summed E-state index contributed by atoms with van der Waals surface area (Å²) in [4.78, 5) is 43.1. The first kappa shape index (κ1) is 45.7. The van der Waals surface area contributed by atoms with E-state index in [0.717, 1.165) is 84.1 Å². The molecule has 1 aromatic rings. The van der Waals surface area contributed by atoms with Crippen LogP contribution in [0.2, 0.25) is 6.04 Å². The van der Waals surface area contributed by atoms with E-state index < -0.39 is 26.7 Å². The Morgan fingerprint density at radius 3 is 1.40 bits per heavy atom. The normalized spacial score (nSPS) is 17.1. The Bertz CT molecular complexity index is 1120. The molecule has 14 nitrogen and oxygen atoms in total. The first-order valence-electron chi connectivity index (χ1n) is 19.3. The monoisotopic (exact) mass is 753 g/mol. The number of carboxylic acid groups (broad SMARTS) is 3. The summed E-state index contributed by atoms with van der Waals surface area (Å²) in [5.74, 6) is -2.48. The molecule has 1 heterocycles. The third-order valence-corrected chi connectivity index (χ3v) is 12.3. The van der Waals surface area contributed by atoms with E-state index in [1.54, 1.807) is 0 Å². The minimum absolute atomic E-state index is 0.0467. The van der Waals surface area contributed by atoms with E-state index in [9.17, 15) is 29.7 Å². The third-order valence-electron chi connectivity index (χ3n) is 9.19. The Labute approximate surface area is 312 Å². The van der Waals surface area contributed by atoms with Crippen molar-refractivity contribution in [2.75, 3.05) is 98.4 Å². The molecule has 0 spiro atoms. The Hall–Kier alpha value is -2.47. The first-order valence-corrected chi connectivity index (χ1v) is 21.3. The molecule has 0 atom stereocenters. The van der Waals surface area contributed by atoms with Crippen LogP contribution in [0.3, 0.4) is 0 Å². The number of hydrogen-bond donors (Lipinski definition) is 4. The number of rotatable bonds is 23. The molecule has 0 bridgehead atoms. The van der Waals surface area contributed by atoms with E-state index in [2.05, 4.69) is 49.2 Å². The standard InChI is InChI=1S/C37H67N5O9Si/c1-4-49-52(50-5-2,51-6-3)30-7-18-38-31-33-11-13-34(14-12-33)32-42-23-9-20-39(25-15-35(43)44)19-8-21-40(26-16-36(45)46)28-29-41(22-10-24-42)27-17-37(47)48/h11-14,38H,4-10,15-32H2,1-3H3,(H,43,44)(H,45,46)(H,47,48). The fraction of sp³-hybridized carbons (Fsp3) is 0.757. The van der Waals surface area contributed by atoms with Crippen molar-refractivity contribution in [2.24, 2.45) is 0 Å². The molecule has 15 heteroatoms. The molecule has 52 heavy (non-hydrogen) atoms. The molecule has 0 saturated carbocycles. The highest BCUT2D eigenvalue weighted by atomic mass is 28.4. The van der Waals surface area contributed by atoms with Gasteiger partial charge in [0, 0.05) is 71.7 Å². The summed E-state index contributed by atoms with van der Waals surface area (Å²) in [6, 6.07) is 9.51. The quantitative estimate of drug-likeness (QED) is 0.0948. The van der Waals surface area contributed by atoms with Crippen molar-refractivity contribution in [3.05, 3.63) is 35.4 Å². The van der Waals surface area contributed by atoms with Crippen molar-refractivity contribution in [2.45, 2.75) is 84.9 Å². The molecular formula is C37H67N5O9Si. The third kappa shape index (κ3) is 20.7. The van der Waals surface area contributed by atoms with Crippen molar-refractivity contribution >= 4 is 26.7 Å². The van der Waals surface area contributed by atoms with Gasteiger partial charge in [-0.25, -0.2) is 0 Å². The number of carboxylic acids is 3. The summed E-state index contributed by atoms with van der Waals surface area (Å²) in [6.45, 7) is 17.5. The minimum Gasteiger partial charge on any atom is -0.481 e. The molecule has 1 saturated heterocycles. The van der Waals surface area contributed by atoms with E-state index >= 15 is 0 Å². The van der Waals surface area contributed by atoms with Crippen molar-refractivity contribution in [1.29, 1.82) is 0 Å². The Balaban J connectivity index is 2.03. The molecule has 0 unspecified atom stereocenters. The lowest BCUT2D eigenvalue weighted by Gasteiger charge is -2.28.